The highest BCUT2D eigenvalue weighted by atomic mass is 16.5. The summed E-state index contributed by atoms with van der Waals surface area (Å²) >= 11 is 0. The third kappa shape index (κ3) is 3.68. The highest BCUT2D eigenvalue weighted by Crippen LogP contribution is 2.28. The number of carbonyl (C=O) groups is 1. The molecule has 3 N–H and O–H groups in total. The van der Waals surface area contributed by atoms with Gasteiger partial charge in [-0.3, -0.25) is 4.79 Å². The summed E-state index contributed by atoms with van der Waals surface area (Å²) in [6.07, 6.45) is 4.50. The highest BCUT2D eigenvalue weighted by molar-refractivity contribution is 6.00. The Bertz CT molecular complexity index is 780. The number of rotatable bonds is 5. The minimum atomic E-state index is -0.0118. The predicted octanol–water partition coefficient (Wildman–Crippen LogP) is 3.45. The van der Waals surface area contributed by atoms with E-state index in [0.29, 0.717) is 17.6 Å². The van der Waals surface area contributed by atoms with Gasteiger partial charge in [0.1, 0.15) is 5.75 Å². The molecule has 2 atom stereocenters. The van der Waals surface area contributed by atoms with Gasteiger partial charge in [0.15, 0.2) is 0 Å². The SMILES string of the molecule is COc1cccc(Nc2ccccc2C(=O)NC2CC3CCC(C2)N3)c1. The van der Waals surface area contributed by atoms with Crippen LogP contribution >= 0.6 is 0 Å². The third-order valence-electron chi connectivity index (χ3n) is 5.33. The Labute approximate surface area is 154 Å². The van der Waals surface area contributed by atoms with Crippen molar-refractivity contribution < 1.29 is 9.53 Å². The van der Waals surface area contributed by atoms with Crippen molar-refractivity contribution in [1.82, 2.24) is 10.6 Å². The molecule has 4 rings (SSSR count). The monoisotopic (exact) mass is 351 g/mol. The lowest BCUT2D eigenvalue weighted by atomic mass is 9.99. The van der Waals surface area contributed by atoms with Crippen LogP contribution in [0.2, 0.25) is 0 Å². The molecule has 2 heterocycles. The summed E-state index contributed by atoms with van der Waals surface area (Å²) in [5.74, 6) is 0.768. The summed E-state index contributed by atoms with van der Waals surface area (Å²) in [5.41, 5.74) is 2.36. The minimum Gasteiger partial charge on any atom is -0.497 e. The fourth-order valence-corrected chi connectivity index (χ4v) is 4.08. The number of amides is 1. The van der Waals surface area contributed by atoms with Gasteiger partial charge >= 0.3 is 0 Å². The molecule has 26 heavy (non-hydrogen) atoms. The van der Waals surface area contributed by atoms with Gasteiger partial charge in [0.25, 0.3) is 5.91 Å². The van der Waals surface area contributed by atoms with Crippen LogP contribution in [0.15, 0.2) is 48.5 Å². The van der Waals surface area contributed by atoms with E-state index in [1.807, 2.05) is 48.5 Å². The lowest BCUT2D eigenvalue weighted by Gasteiger charge is -2.30. The number of benzene rings is 2. The van der Waals surface area contributed by atoms with Crippen molar-refractivity contribution in [1.29, 1.82) is 0 Å². The van der Waals surface area contributed by atoms with Gasteiger partial charge in [-0.05, 0) is 49.9 Å². The summed E-state index contributed by atoms with van der Waals surface area (Å²) in [6.45, 7) is 0. The second-order valence-corrected chi connectivity index (χ2v) is 7.18. The molecule has 5 heteroatoms. The number of hydrogen-bond acceptors (Lipinski definition) is 4. The number of nitrogens with one attached hydrogen (secondary N) is 3. The molecule has 0 spiro atoms. The van der Waals surface area contributed by atoms with E-state index in [2.05, 4.69) is 16.0 Å². The van der Waals surface area contributed by atoms with Crippen LogP contribution < -0.4 is 20.7 Å². The van der Waals surface area contributed by atoms with Gasteiger partial charge in [-0.25, -0.2) is 0 Å². The molecule has 2 fully saturated rings. The first-order valence-corrected chi connectivity index (χ1v) is 9.28. The van der Waals surface area contributed by atoms with Gasteiger partial charge in [-0.2, -0.15) is 0 Å². The zero-order chi connectivity index (χ0) is 17.9. The topological polar surface area (TPSA) is 62.4 Å². The Balaban J connectivity index is 1.48. The molecule has 1 amide bonds. The molecular weight excluding hydrogens is 326 g/mol. The lowest BCUT2D eigenvalue weighted by molar-refractivity contribution is 0.0925. The molecule has 136 valence electrons. The zero-order valence-corrected chi connectivity index (χ0v) is 15.0. The molecule has 0 aromatic heterocycles. The van der Waals surface area contributed by atoms with Crippen molar-refractivity contribution in [3.8, 4) is 5.75 Å². The van der Waals surface area contributed by atoms with E-state index in [0.717, 1.165) is 30.0 Å². The van der Waals surface area contributed by atoms with Crippen molar-refractivity contribution in [2.24, 2.45) is 0 Å². The Morgan fingerprint density at radius 1 is 1.08 bits per heavy atom. The average molecular weight is 351 g/mol. The van der Waals surface area contributed by atoms with Crippen LogP contribution in [0.3, 0.4) is 0 Å². The molecular formula is C21H25N3O2. The van der Waals surface area contributed by atoms with Crippen molar-refractivity contribution in [2.75, 3.05) is 12.4 Å². The summed E-state index contributed by atoms with van der Waals surface area (Å²) in [4.78, 5) is 12.9. The molecule has 0 aliphatic carbocycles. The van der Waals surface area contributed by atoms with Crippen LogP contribution in [0.5, 0.6) is 5.75 Å². The summed E-state index contributed by atoms with van der Waals surface area (Å²) in [7, 11) is 1.65. The van der Waals surface area contributed by atoms with Crippen molar-refractivity contribution in [2.45, 2.75) is 43.8 Å². The third-order valence-corrected chi connectivity index (χ3v) is 5.33. The minimum absolute atomic E-state index is 0.0118. The Morgan fingerprint density at radius 3 is 2.62 bits per heavy atom. The number of para-hydroxylation sites is 1. The number of piperidine rings is 1. The number of methoxy groups -OCH3 is 1. The normalized spacial score (nSPS) is 24.1. The summed E-state index contributed by atoms with van der Waals surface area (Å²) in [5, 5.41) is 10.2. The summed E-state index contributed by atoms with van der Waals surface area (Å²) in [6, 6.07) is 16.7. The highest BCUT2D eigenvalue weighted by Gasteiger charge is 2.34. The van der Waals surface area contributed by atoms with E-state index < -0.39 is 0 Å². The number of ether oxygens (including phenoxy) is 1. The van der Waals surface area contributed by atoms with Gasteiger partial charge in [-0.15, -0.1) is 0 Å². The second kappa shape index (κ2) is 7.38. The zero-order valence-electron chi connectivity index (χ0n) is 15.0. The lowest BCUT2D eigenvalue weighted by Crippen LogP contribution is -2.48. The van der Waals surface area contributed by atoms with E-state index in [1.165, 1.54) is 12.8 Å². The molecule has 2 bridgehead atoms. The molecule has 2 aromatic rings. The smallest absolute Gasteiger partial charge is 0.253 e. The van der Waals surface area contributed by atoms with E-state index in [-0.39, 0.29) is 11.9 Å². The van der Waals surface area contributed by atoms with Crippen LogP contribution in [-0.4, -0.2) is 31.1 Å². The maximum atomic E-state index is 12.9. The Morgan fingerprint density at radius 2 is 1.85 bits per heavy atom. The largest absolute Gasteiger partial charge is 0.497 e. The Kier molecular flexibility index (Phi) is 4.80. The average Bonchev–Trinajstić information content (AvgIpc) is 3.00. The first-order chi connectivity index (χ1) is 12.7. The van der Waals surface area contributed by atoms with Crippen molar-refractivity contribution in [3.63, 3.8) is 0 Å². The van der Waals surface area contributed by atoms with E-state index in [1.54, 1.807) is 7.11 Å². The van der Waals surface area contributed by atoms with Crippen molar-refractivity contribution >= 4 is 17.3 Å². The van der Waals surface area contributed by atoms with Crippen LogP contribution in [0, 0.1) is 0 Å². The van der Waals surface area contributed by atoms with Gasteiger partial charge < -0.3 is 20.7 Å². The van der Waals surface area contributed by atoms with Gasteiger partial charge in [-0.1, -0.05) is 18.2 Å². The van der Waals surface area contributed by atoms with Gasteiger partial charge in [0.2, 0.25) is 0 Å². The summed E-state index contributed by atoms with van der Waals surface area (Å²) < 4.78 is 5.27. The molecule has 5 nitrogen and oxygen atoms in total. The molecule has 2 saturated heterocycles. The number of anilines is 2. The Hall–Kier alpha value is -2.53. The number of fused-ring (bicyclic) bond motifs is 2. The van der Waals surface area contributed by atoms with Crippen LogP contribution in [0.4, 0.5) is 11.4 Å². The van der Waals surface area contributed by atoms with Crippen LogP contribution in [0.25, 0.3) is 0 Å². The maximum Gasteiger partial charge on any atom is 0.253 e. The first kappa shape index (κ1) is 16.9. The van der Waals surface area contributed by atoms with Crippen LogP contribution in [-0.2, 0) is 0 Å². The van der Waals surface area contributed by atoms with E-state index >= 15 is 0 Å². The molecule has 2 unspecified atom stereocenters. The second-order valence-electron chi connectivity index (χ2n) is 7.18. The van der Waals surface area contributed by atoms with Crippen LogP contribution in [0.1, 0.15) is 36.0 Å². The first-order valence-electron chi connectivity index (χ1n) is 9.28. The number of hydrogen-bond donors (Lipinski definition) is 3. The molecule has 2 aromatic carbocycles. The van der Waals surface area contributed by atoms with Crippen molar-refractivity contribution in [3.05, 3.63) is 54.1 Å². The quantitative estimate of drug-likeness (QED) is 0.772. The maximum absolute atomic E-state index is 12.9. The van der Waals surface area contributed by atoms with E-state index in [4.69, 9.17) is 4.74 Å². The number of carbonyl (C=O) groups excluding carboxylic acids is 1. The fraction of sp³-hybridized carbons (Fsp3) is 0.381. The standard InChI is InChI=1S/C21H25N3O2/c1-26-18-6-4-5-14(13-18)23-20-8-3-2-7-19(20)21(25)24-17-11-15-9-10-16(12-17)22-15/h2-8,13,15-17,22-23H,9-12H2,1H3,(H,24,25). The molecule has 0 saturated carbocycles. The fourth-order valence-electron chi connectivity index (χ4n) is 4.08. The molecule has 0 radical (unpaired) electrons. The molecule has 2 aliphatic heterocycles. The molecule has 2 aliphatic rings. The predicted molar refractivity (Wildman–Crippen MR) is 103 cm³/mol. The van der Waals surface area contributed by atoms with Gasteiger partial charge in [0.05, 0.1) is 18.4 Å². The van der Waals surface area contributed by atoms with E-state index in [9.17, 15) is 4.79 Å². The van der Waals surface area contributed by atoms with Gasteiger partial charge in [0, 0.05) is 29.9 Å².